The van der Waals surface area contributed by atoms with Gasteiger partial charge in [-0.2, -0.15) is 0 Å². The van der Waals surface area contributed by atoms with E-state index in [1.54, 1.807) is 17.7 Å². The summed E-state index contributed by atoms with van der Waals surface area (Å²) in [5.41, 5.74) is 0.857. The Kier molecular flexibility index (Phi) is 2.95. The Balaban J connectivity index is 2.44. The molecule has 0 aromatic carbocycles. The Bertz CT molecular complexity index is 518. The predicted molar refractivity (Wildman–Crippen MR) is 72.1 cm³/mol. The van der Waals surface area contributed by atoms with Crippen LogP contribution in [0.1, 0.15) is 33.3 Å². The van der Waals surface area contributed by atoms with Crippen LogP contribution in [0.4, 0.5) is 0 Å². The molecule has 2 heterocycles. The first-order valence-electron chi connectivity index (χ1n) is 6.17. The molecule has 1 aromatic heterocycles. The molecular weight excluding hydrogens is 229 g/mol. The van der Waals surface area contributed by atoms with Crippen molar-refractivity contribution in [2.45, 2.75) is 45.8 Å². The lowest BCUT2D eigenvalue weighted by Gasteiger charge is -2.32. The predicted octanol–water partition coefficient (Wildman–Crippen LogP) is 0.993. The van der Waals surface area contributed by atoms with Gasteiger partial charge in [0.2, 0.25) is 5.56 Å². The highest BCUT2D eigenvalue weighted by Crippen LogP contribution is 2.36. The molecule has 2 rings (SSSR count). The Morgan fingerprint density at radius 3 is 2.11 bits per heavy atom. The molecule has 0 spiro atoms. The van der Waals surface area contributed by atoms with Gasteiger partial charge in [-0.15, -0.1) is 0 Å². The minimum atomic E-state index is -0.493. The molecule has 0 amide bonds. The van der Waals surface area contributed by atoms with Crippen LogP contribution in [0, 0.1) is 6.92 Å². The lowest BCUT2D eigenvalue weighted by Crippen LogP contribution is -2.44. The zero-order chi connectivity index (χ0) is 13.7. The second-order valence-electron chi connectivity index (χ2n) is 5.94. The maximum Gasteiger partial charge on any atom is 0.512 e. The molecule has 5 heteroatoms. The Labute approximate surface area is 108 Å². The maximum atomic E-state index is 11.8. The van der Waals surface area contributed by atoms with Crippen LogP contribution < -0.4 is 11.2 Å². The first-order chi connectivity index (χ1) is 8.14. The largest absolute Gasteiger partial charge is 0.512 e. The van der Waals surface area contributed by atoms with E-state index >= 15 is 0 Å². The number of aromatic nitrogens is 1. The van der Waals surface area contributed by atoms with Crippen LogP contribution in [0.2, 0.25) is 0 Å². The molecule has 1 aliphatic heterocycles. The third kappa shape index (κ3) is 2.02. The van der Waals surface area contributed by atoms with Crippen molar-refractivity contribution in [3.8, 4) is 0 Å². The number of rotatable bonds is 1. The Hall–Kier alpha value is -1.07. The van der Waals surface area contributed by atoms with Crippen molar-refractivity contribution in [2.75, 3.05) is 0 Å². The molecule has 0 atom stereocenters. The molecule has 0 unspecified atom stereocenters. The van der Waals surface area contributed by atoms with E-state index in [0.29, 0.717) is 0 Å². The van der Waals surface area contributed by atoms with Crippen LogP contribution in [-0.2, 0) is 16.4 Å². The average Bonchev–Trinajstić information content (AvgIpc) is 2.42. The molecule has 1 aliphatic rings. The minimum Gasteiger partial charge on any atom is -0.398 e. The van der Waals surface area contributed by atoms with Crippen LogP contribution in [0.3, 0.4) is 0 Å². The highest BCUT2D eigenvalue weighted by molar-refractivity contribution is 6.61. The molecule has 0 N–H and O–H groups in total. The highest BCUT2D eigenvalue weighted by atomic mass is 16.7. The number of aryl methyl sites for hydroxylation is 1. The normalized spacial score (nSPS) is 21.3. The summed E-state index contributed by atoms with van der Waals surface area (Å²) < 4.78 is 13.5. The molecule has 0 aliphatic carbocycles. The zero-order valence-electron chi connectivity index (χ0n) is 11.9. The van der Waals surface area contributed by atoms with Gasteiger partial charge in [-0.1, -0.05) is 0 Å². The molecule has 18 heavy (non-hydrogen) atoms. The Morgan fingerprint density at radius 1 is 1.11 bits per heavy atom. The second-order valence-corrected chi connectivity index (χ2v) is 5.94. The van der Waals surface area contributed by atoms with E-state index in [1.165, 1.54) is 0 Å². The zero-order valence-corrected chi connectivity index (χ0v) is 11.9. The number of nitrogens with zero attached hydrogens (tertiary/aromatic N) is 1. The van der Waals surface area contributed by atoms with E-state index in [9.17, 15) is 4.79 Å². The molecule has 1 saturated heterocycles. The van der Waals surface area contributed by atoms with Gasteiger partial charge in [-0.25, -0.2) is 0 Å². The van der Waals surface area contributed by atoms with E-state index in [2.05, 4.69) is 0 Å². The average molecular weight is 249 g/mol. The summed E-state index contributed by atoms with van der Waals surface area (Å²) in [6, 6.07) is 3.54. The van der Waals surface area contributed by atoms with Crippen molar-refractivity contribution in [1.29, 1.82) is 0 Å². The van der Waals surface area contributed by atoms with Gasteiger partial charge in [0, 0.05) is 13.1 Å². The number of hydrogen-bond donors (Lipinski definition) is 0. The van der Waals surface area contributed by atoms with Gasteiger partial charge >= 0.3 is 7.12 Å². The minimum absolute atomic E-state index is 0.0419. The topological polar surface area (TPSA) is 40.5 Å². The van der Waals surface area contributed by atoms with Crippen LogP contribution >= 0.6 is 0 Å². The summed E-state index contributed by atoms with van der Waals surface area (Å²) in [6.45, 7) is 9.90. The molecule has 98 valence electrons. The van der Waals surface area contributed by atoms with Crippen molar-refractivity contribution < 1.29 is 9.31 Å². The molecule has 0 bridgehead atoms. The first kappa shape index (κ1) is 13.4. The highest BCUT2D eigenvalue weighted by Gasteiger charge is 2.52. The summed E-state index contributed by atoms with van der Waals surface area (Å²) >= 11 is 0. The van der Waals surface area contributed by atoms with Gasteiger partial charge in [0.25, 0.3) is 0 Å². The maximum absolute atomic E-state index is 11.8. The number of pyridine rings is 1. The lowest BCUT2D eigenvalue weighted by atomic mass is 9.83. The van der Waals surface area contributed by atoms with Crippen molar-refractivity contribution in [1.82, 2.24) is 4.57 Å². The fraction of sp³-hybridized carbons (Fsp3) is 0.615. The Morgan fingerprint density at radius 2 is 1.61 bits per heavy atom. The second kappa shape index (κ2) is 3.97. The fourth-order valence-electron chi connectivity index (χ4n) is 1.98. The van der Waals surface area contributed by atoms with Crippen LogP contribution in [0.5, 0.6) is 0 Å². The van der Waals surface area contributed by atoms with E-state index < -0.39 is 18.3 Å². The van der Waals surface area contributed by atoms with Crippen molar-refractivity contribution >= 4 is 12.7 Å². The first-order valence-corrected chi connectivity index (χ1v) is 6.17. The van der Waals surface area contributed by atoms with Gasteiger partial charge < -0.3 is 13.9 Å². The molecule has 4 nitrogen and oxygen atoms in total. The monoisotopic (exact) mass is 249 g/mol. The number of hydrogen-bond acceptors (Lipinski definition) is 3. The van der Waals surface area contributed by atoms with Crippen molar-refractivity contribution in [2.24, 2.45) is 7.05 Å². The van der Waals surface area contributed by atoms with Crippen molar-refractivity contribution in [3.05, 3.63) is 28.0 Å². The summed E-state index contributed by atoms with van der Waals surface area (Å²) in [6.07, 6.45) is 0. The van der Waals surface area contributed by atoms with Gasteiger partial charge in [-0.3, -0.25) is 4.79 Å². The summed E-state index contributed by atoms with van der Waals surface area (Å²) in [5, 5.41) is 0. The molecule has 1 aromatic rings. The van der Waals surface area contributed by atoms with Gasteiger partial charge in [0.05, 0.1) is 16.8 Å². The smallest absolute Gasteiger partial charge is 0.398 e. The quantitative estimate of drug-likeness (QED) is 0.697. The SMILES string of the molecule is Cc1cc(B2OC(C)(C)C(C)(C)O2)n(C)c(=O)c1. The van der Waals surface area contributed by atoms with Crippen LogP contribution in [-0.4, -0.2) is 22.9 Å². The van der Waals surface area contributed by atoms with Gasteiger partial charge in [0.15, 0.2) is 0 Å². The van der Waals surface area contributed by atoms with E-state index in [-0.39, 0.29) is 5.56 Å². The van der Waals surface area contributed by atoms with E-state index in [1.807, 2.05) is 40.7 Å². The fourth-order valence-corrected chi connectivity index (χ4v) is 1.98. The van der Waals surface area contributed by atoms with Crippen LogP contribution in [0.25, 0.3) is 0 Å². The summed E-state index contributed by atoms with van der Waals surface area (Å²) in [5.74, 6) is 0. The van der Waals surface area contributed by atoms with Crippen LogP contribution in [0.15, 0.2) is 16.9 Å². The summed E-state index contributed by atoms with van der Waals surface area (Å²) in [7, 11) is 1.25. The lowest BCUT2D eigenvalue weighted by molar-refractivity contribution is 0.00578. The molecule has 0 saturated carbocycles. The molecular formula is C13H20BNO3. The summed E-state index contributed by atoms with van der Waals surface area (Å²) in [4.78, 5) is 11.8. The van der Waals surface area contributed by atoms with Gasteiger partial charge in [-0.05, 0) is 46.2 Å². The van der Waals surface area contributed by atoms with Crippen molar-refractivity contribution in [3.63, 3.8) is 0 Å². The van der Waals surface area contributed by atoms with E-state index in [0.717, 1.165) is 11.2 Å². The van der Waals surface area contributed by atoms with Gasteiger partial charge in [0.1, 0.15) is 0 Å². The third-order valence-corrected chi connectivity index (χ3v) is 3.94. The van der Waals surface area contributed by atoms with E-state index in [4.69, 9.17) is 9.31 Å². The molecule has 0 radical (unpaired) electrons. The molecule has 1 fully saturated rings. The standard InChI is InChI=1S/C13H20BNO3/c1-9-7-10(15(6)11(16)8-9)14-17-12(2,3)13(4,5)18-14/h7-8H,1-6H3. The third-order valence-electron chi connectivity index (χ3n) is 3.94.